The van der Waals surface area contributed by atoms with Gasteiger partial charge in [0.1, 0.15) is 5.70 Å². The summed E-state index contributed by atoms with van der Waals surface area (Å²) >= 11 is 12.4. The lowest BCUT2D eigenvalue weighted by atomic mass is 9.95. The molecule has 2 N–H and O–H groups in total. The Labute approximate surface area is 163 Å². The third-order valence-corrected chi connectivity index (χ3v) is 4.15. The van der Waals surface area contributed by atoms with Crippen molar-refractivity contribution in [2.45, 2.75) is 20.8 Å². The highest BCUT2D eigenvalue weighted by atomic mass is 35.5. The average molecular weight is 391 g/mol. The van der Waals surface area contributed by atoms with Crippen LogP contribution in [-0.4, -0.2) is 11.8 Å². The minimum absolute atomic E-state index is 0.0591. The van der Waals surface area contributed by atoms with E-state index in [9.17, 15) is 9.59 Å². The highest BCUT2D eigenvalue weighted by molar-refractivity contribution is 6.37. The number of carbonyl (C=O) groups is 2. The quantitative estimate of drug-likeness (QED) is 0.710. The topological polar surface area (TPSA) is 58.2 Å². The third-order valence-electron chi connectivity index (χ3n) is 3.49. The Morgan fingerprint density at radius 3 is 2.04 bits per heavy atom. The molecule has 26 heavy (non-hydrogen) atoms. The second-order valence-electron chi connectivity index (χ2n) is 6.72. The van der Waals surface area contributed by atoms with Crippen LogP contribution >= 0.6 is 23.2 Å². The fraction of sp³-hybridized carbons (Fsp3) is 0.200. The molecule has 6 heteroatoms. The maximum Gasteiger partial charge on any atom is 0.272 e. The fourth-order valence-corrected chi connectivity index (χ4v) is 2.49. The molecule has 0 aliphatic rings. The molecule has 0 saturated carbocycles. The first-order valence-corrected chi connectivity index (χ1v) is 8.77. The molecule has 0 bridgehead atoms. The minimum atomic E-state index is -0.670. The van der Waals surface area contributed by atoms with E-state index >= 15 is 0 Å². The highest BCUT2D eigenvalue weighted by Gasteiger charge is 2.24. The van der Waals surface area contributed by atoms with Gasteiger partial charge in [-0.15, -0.1) is 0 Å². The normalized spacial score (nSPS) is 11.8. The van der Waals surface area contributed by atoms with E-state index in [0.717, 1.165) is 0 Å². The second-order valence-corrected chi connectivity index (χ2v) is 7.53. The summed E-state index contributed by atoms with van der Waals surface area (Å²) in [6.45, 7) is 5.28. The molecule has 0 radical (unpaired) electrons. The van der Waals surface area contributed by atoms with Gasteiger partial charge in [0.25, 0.3) is 5.91 Å². The van der Waals surface area contributed by atoms with E-state index in [1.54, 1.807) is 63.2 Å². The Balaban J connectivity index is 2.40. The first-order chi connectivity index (χ1) is 12.2. The van der Waals surface area contributed by atoms with Gasteiger partial charge in [-0.25, -0.2) is 0 Å². The van der Waals surface area contributed by atoms with Crippen LogP contribution in [0.5, 0.6) is 0 Å². The van der Waals surface area contributed by atoms with Crippen LogP contribution in [0.15, 0.2) is 54.2 Å². The summed E-state index contributed by atoms with van der Waals surface area (Å²) in [4.78, 5) is 25.1. The molecule has 2 aromatic carbocycles. The van der Waals surface area contributed by atoms with Gasteiger partial charge in [-0.1, -0.05) is 68.2 Å². The van der Waals surface area contributed by atoms with Crippen molar-refractivity contribution in [3.8, 4) is 0 Å². The van der Waals surface area contributed by atoms with Crippen molar-refractivity contribution in [3.63, 3.8) is 0 Å². The fourth-order valence-electron chi connectivity index (χ4n) is 1.98. The predicted octanol–water partition coefficient (Wildman–Crippen LogP) is 5.14. The standard InChI is InChI=1S/C20H20Cl2N2O2/c1-20(2,3)19(26)24-17(12-14-15(21)10-7-11-16(14)22)18(25)23-13-8-5-4-6-9-13/h4-12H,1-3H3,(H,23,25)(H,24,26)/b17-12+. The lowest BCUT2D eigenvalue weighted by Gasteiger charge is -2.19. The largest absolute Gasteiger partial charge is 0.321 e. The SMILES string of the molecule is CC(C)(C)C(=O)N/C(=C/c1c(Cl)cccc1Cl)C(=O)Nc1ccccc1. The molecule has 2 amide bonds. The van der Waals surface area contributed by atoms with E-state index in [4.69, 9.17) is 23.2 Å². The first kappa shape index (κ1) is 20.0. The van der Waals surface area contributed by atoms with Crippen LogP contribution in [0.1, 0.15) is 26.3 Å². The molecule has 2 rings (SSSR count). The van der Waals surface area contributed by atoms with E-state index in [0.29, 0.717) is 21.3 Å². The van der Waals surface area contributed by atoms with Gasteiger partial charge in [0, 0.05) is 26.7 Å². The summed E-state index contributed by atoms with van der Waals surface area (Å²) in [5.74, 6) is -0.764. The number of hydrogen-bond acceptors (Lipinski definition) is 2. The summed E-state index contributed by atoms with van der Waals surface area (Å²) in [6.07, 6.45) is 1.48. The molecular formula is C20H20Cl2N2O2. The summed E-state index contributed by atoms with van der Waals surface area (Å²) in [7, 11) is 0. The Hall–Kier alpha value is -2.30. The summed E-state index contributed by atoms with van der Waals surface area (Å²) in [5, 5.41) is 6.19. The van der Waals surface area contributed by atoms with E-state index in [-0.39, 0.29) is 11.6 Å². The number of nitrogens with one attached hydrogen (secondary N) is 2. The van der Waals surface area contributed by atoms with E-state index in [2.05, 4.69) is 10.6 Å². The number of amides is 2. The number of halogens is 2. The van der Waals surface area contributed by atoms with Gasteiger partial charge in [0.05, 0.1) is 0 Å². The molecule has 0 saturated heterocycles. The van der Waals surface area contributed by atoms with Crippen molar-refractivity contribution in [2.75, 3.05) is 5.32 Å². The lowest BCUT2D eigenvalue weighted by molar-refractivity contribution is -0.128. The highest BCUT2D eigenvalue weighted by Crippen LogP contribution is 2.27. The van der Waals surface area contributed by atoms with Crippen molar-refractivity contribution in [1.82, 2.24) is 5.32 Å². The van der Waals surface area contributed by atoms with Crippen LogP contribution in [0.4, 0.5) is 5.69 Å². The van der Waals surface area contributed by atoms with Crippen molar-refractivity contribution in [2.24, 2.45) is 5.41 Å². The predicted molar refractivity (Wildman–Crippen MR) is 107 cm³/mol. The zero-order chi connectivity index (χ0) is 19.3. The van der Waals surface area contributed by atoms with Crippen molar-refractivity contribution < 1.29 is 9.59 Å². The van der Waals surface area contributed by atoms with Gasteiger partial charge in [0.15, 0.2) is 0 Å². The van der Waals surface area contributed by atoms with Crippen LogP contribution in [-0.2, 0) is 9.59 Å². The smallest absolute Gasteiger partial charge is 0.272 e. The van der Waals surface area contributed by atoms with Gasteiger partial charge in [0.2, 0.25) is 5.91 Å². The van der Waals surface area contributed by atoms with E-state index in [1.807, 2.05) is 6.07 Å². The molecule has 0 atom stereocenters. The molecule has 0 spiro atoms. The van der Waals surface area contributed by atoms with Gasteiger partial charge in [-0.2, -0.15) is 0 Å². The summed E-state index contributed by atoms with van der Waals surface area (Å²) in [6, 6.07) is 14.0. The zero-order valence-corrected chi connectivity index (χ0v) is 16.3. The monoisotopic (exact) mass is 390 g/mol. The molecule has 136 valence electrons. The molecule has 0 unspecified atom stereocenters. The van der Waals surface area contributed by atoms with Crippen molar-refractivity contribution in [3.05, 3.63) is 69.8 Å². The van der Waals surface area contributed by atoms with Gasteiger partial charge in [-0.3, -0.25) is 9.59 Å². The Morgan fingerprint density at radius 1 is 0.923 bits per heavy atom. The molecule has 4 nitrogen and oxygen atoms in total. The molecule has 0 aliphatic heterocycles. The second kappa shape index (κ2) is 8.39. The van der Waals surface area contributed by atoms with Gasteiger partial charge < -0.3 is 10.6 Å². The minimum Gasteiger partial charge on any atom is -0.321 e. The summed E-state index contributed by atoms with van der Waals surface area (Å²) in [5.41, 5.74) is 0.460. The lowest BCUT2D eigenvalue weighted by Crippen LogP contribution is -2.38. The van der Waals surface area contributed by atoms with Gasteiger partial charge in [-0.05, 0) is 30.3 Å². The molecule has 0 aromatic heterocycles. The molecule has 0 heterocycles. The van der Waals surface area contributed by atoms with Crippen LogP contribution in [0.3, 0.4) is 0 Å². The Kier molecular flexibility index (Phi) is 6.46. The third kappa shape index (κ3) is 5.35. The zero-order valence-electron chi connectivity index (χ0n) is 14.8. The van der Waals surface area contributed by atoms with Crippen LogP contribution in [0, 0.1) is 5.41 Å². The maximum atomic E-state index is 12.7. The molecule has 0 aliphatic carbocycles. The molecular weight excluding hydrogens is 371 g/mol. The number of rotatable bonds is 4. The van der Waals surface area contributed by atoms with Gasteiger partial charge >= 0.3 is 0 Å². The average Bonchev–Trinajstić information content (AvgIpc) is 2.57. The Bertz CT molecular complexity index is 820. The van der Waals surface area contributed by atoms with Crippen molar-refractivity contribution in [1.29, 1.82) is 0 Å². The maximum absolute atomic E-state index is 12.7. The van der Waals surface area contributed by atoms with Crippen LogP contribution < -0.4 is 10.6 Å². The van der Waals surface area contributed by atoms with Crippen LogP contribution in [0.2, 0.25) is 10.0 Å². The Morgan fingerprint density at radius 2 is 1.50 bits per heavy atom. The number of benzene rings is 2. The number of para-hydroxylation sites is 1. The van der Waals surface area contributed by atoms with E-state index < -0.39 is 11.3 Å². The number of anilines is 1. The summed E-state index contributed by atoms with van der Waals surface area (Å²) < 4.78 is 0. The first-order valence-electron chi connectivity index (χ1n) is 8.02. The number of carbonyl (C=O) groups excluding carboxylic acids is 2. The van der Waals surface area contributed by atoms with E-state index in [1.165, 1.54) is 6.08 Å². The van der Waals surface area contributed by atoms with Crippen molar-refractivity contribution >= 4 is 46.8 Å². The molecule has 2 aromatic rings. The number of hydrogen-bond donors (Lipinski definition) is 2. The van der Waals surface area contributed by atoms with Crippen LogP contribution in [0.25, 0.3) is 6.08 Å². The molecule has 0 fully saturated rings.